The molecule has 1 atom stereocenters. The molecule has 0 fully saturated rings. The molecule has 22 heavy (non-hydrogen) atoms. The van der Waals surface area contributed by atoms with E-state index in [1.165, 1.54) is 45.4 Å². The zero-order valence-corrected chi connectivity index (χ0v) is 13.8. The fraction of sp³-hybridized carbons (Fsp3) is 0.812. The van der Waals surface area contributed by atoms with Crippen LogP contribution >= 0.6 is 0 Å². The number of nitrogens with one attached hydrogen (secondary N) is 1. The highest BCUT2D eigenvalue weighted by Crippen LogP contribution is 2.11. The maximum Gasteiger partial charge on any atom is 0.328 e. The summed E-state index contributed by atoms with van der Waals surface area (Å²) >= 11 is 0. The number of carboxylic acid groups (broad SMARTS) is 1. The van der Waals surface area contributed by atoms with Crippen LogP contribution in [0.15, 0.2) is 0 Å². The Bertz CT molecular complexity index is 334. The molecule has 0 aliphatic rings. The summed E-state index contributed by atoms with van der Waals surface area (Å²) in [4.78, 5) is 33.3. The van der Waals surface area contributed by atoms with Crippen LogP contribution in [-0.4, -0.2) is 34.4 Å². The number of carbonyl (C=O) groups is 3. The van der Waals surface area contributed by atoms with E-state index in [0.29, 0.717) is 6.41 Å². The Morgan fingerprint density at radius 1 is 1.05 bits per heavy atom. The highest BCUT2D eigenvalue weighted by Gasteiger charge is 2.24. The molecule has 0 bridgehead atoms. The minimum atomic E-state index is -1.14. The fourth-order valence-corrected chi connectivity index (χ4v) is 2.27. The lowest BCUT2D eigenvalue weighted by Crippen LogP contribution is -2.51. The van der Waals surface area contributed by atoms with Crippen LogP contribution in [0.4, 0.5) is 0 Å². The zero-order valence-electron chi connectivity index (χ0n) is 13.8. The fourth-order valence-electron chi connectivity index (χ4n) is 2.27. The van der Waals surface area contributed by atoms with Gasteiger partial charge in [0.05, 0.1) is 0 Å². The number of nitrogens with zero attached hydrogens (tertiary/aromatic N) is 1. The van der Waals surface area contributed by atoms with Crippen molar-refractivity contribution in [1.82, 2.24) is 10.4 Å². The van der Waals surface area contributed by atoms with Gasteiger partial charge in [-0.15, -0.1) is 0 Å². The van der Waals surface area contributed by atoms with Gasteiger partial charge >= 0.3 is 5.97 Å². The summed E-state index contributed by atoms with van der Waals surface area (Å²) in [6, 6.07) is -1.06. The van der Waals surface area contributed by atoms with Crippen LogP contribution in [0, 0.1) is 0 Å². The summed E-state index contributed by atoms with van der Waals surface area (Å²) in [5, 5.41) is 9.80. The molecule has 2 amide bonds. The zero-order chi connectivity index (χ0) is 16.8. The van der Waals surface area contributed by atoms with E-state index >= 15 is 0 Å². The van der Waals surface area contributed by atoms with E-state index in [1.54, 1.807) is 0 Å². The number of aliphatic carboxylic acids is 1. The minimum absolute atomic E-state index is 0.258. The number of hydrogen-bond donors (Lipinski definition) is 2. The van der Waals surface area contributed by atoms with Crippen LogP contribution in [0.5, 0.6) is 0 Å². The molecule has 0 radical (unpaired) electrons. The third-order valence-electron chi connectivity index (χ3n) is 3.70. The van der Waals surface area contributed by atoms with Crippen molar-refractivity contribution in [2.75, 3.05) is 0 Å². The van der Waals surface area contributed by atoms with Crippen molar-refractivity contribution >= 4 is 18.3 Å². The van der Waals surface area contributed by atoms with E-state index in [2.05, 4.69) is 12.3 Å². The van der Waals surface area contributed by atoms with Gasteiger partial charge in [0.25, 0.3) is 0 Å². The largest absolute Gasteiger partial charge is 0.480 e. The molecule has 0 aliphatic heterocycles. The first-order valence-electron chi connectivity index (χ1n) is 8.29. The lowest BCUT2D eigenvalue weighted by Gasteiger charge is -2.24. The van der Waals surface area contributed by atoms with Crippen molar-refractivity contribution in [3.63, 3.8) is 0 Å². The molecule has 6 nitrogen and oxygen atoms in total. The number of amides is 2. The number of hydrogen-bond acceptors (Lipinski definition) is 3. The van der Waals surface area contributed by atoms with E-state index in [9.17, 15) is 14.4 Å². The first-order valence-corrected chi connectivity index (χ1v) is 8.29. The Kier molecular flexibility index (Phi) is 12.2. The Morgan fingerprint density at radius 3 is 2.00 bits per heavy atom. The molecular weight excluding hydrogens is 284 g/mol. The summed E-state index contributed by atoms with van der Waals surface area (Å²) in [7, 11) is 0. The van der Waals surface area contributed by atoms with Gasteiger partial charge in [-0.2, -0.15) is 0 Å². The summed E-state index contributed by atoms with van der Waals surface area (Å²) in [5.74, 6) is -1.50. The van der Waals surface area contributed by atoms with Gasteiger partial charge in [0, 0.05) is 6.42 Å². The number of carbonyl (C=O) groups excluding carboxylic acids is 2. The predicted molar refractivity (Wildman–Crippen MR) is 85.0 cm³/mol. The van der Waals surface area contributed by atoms with Crippen LogP contribution < -0.4 is 5.43 Å². The number of hydrazine groups is 1. The van der Waals surface area contributed by atoms with Gasteiger partial charge in [0.1, 0.15) is 6.04 Å². The minimum Gasteiger partial charge on any atom is -0.480 e. The van der Waals surface area contributed by atoms with Crippen molar-refractivity contribution < 1.29 is 19.5 Å². The van der Waals surface area contributed by atoms with Crippen molar-refractivity contribution in [3.8, 4) is 0 Å². The Balaban J connectivity index is 3.81. The van der Waals surface area contributed by atoms with Gasteiger partial charge in [-0.05, 0) is 13.3 Å². The van der Waals surface area contributed by atoms with Gasteiger partial charge in [-0.25, -0.2) is 9.80 Å². The average Bonchev–Trinajstić information content (AvgIpc) is 2.50. The van der Waals surface area contributed by atoms with E-state index < -0.39 is 12.0 Å². The topological polar surface area (TPSA) is 86.7 Å². The predicted octanol–water partition coefficient (Wildman–Crippen LogP) is 2.87. The normalized spacial score (nSPS) is 11.7. The first kappa shape index (κ1) is 20.4. The Hall–Kier alpha value is -1.59. The second-order valence-corrected chi connectivity index (χ2v) is 5.60. The molecule has 0 saturated heterocycles. The van der Waals surface area contributed by atoms with Crippen LogP contribution in [0.3, 0.4) is 0 Å². The van der Waals surface area contributed by atoms with Crippen LogP contribution in [-0.2, 0) is 14.4 Å². The van der Waals surface area contributed by atoms with E-state index in [4.69, 9.17) is 5.11 Å². The van der Waals surface area contributed by atoms with Crippen LogP contribution in [0.2, 0.25) is 0 Å². The van der Waals surface area contributed by atoms with Crippen molar-refractivity contribution in [1.29, 1.82) is 0 Å². The summed E-state index contributed by atoms with van der Waals surface area (Å²) in [6.45, 7) is 3.57. The van der Waals surface area contributed by atoms with Gasteiger partial charge in [0.15, 0.2) is 0 Å². The number of rotatable bonds is 14. The molecule has 0 aromatic carbocycles. The van der Waals surface area contributed by atoms with Gasteiger partial charge < -0.3 is 5.11 Å². The molecule has 0 saturated carbocycles. The SMILES string of the molecule is CCCCCCCCCCCC(=O)N(NC=O)[C@@H](C)C(=O)O. The molecule has 0 aliphatic carbocycles. The van der Waals surface area contributed by atoms with E-state index in [0.717, 1.165) is 24.3 Å². The average molecular weight is 314 g/mol. The molecule has 0 spiro atoms. The first-order chi connectivity index (χ1) is 10.5. The molecular formula is C16H30N2O4. The monoisotopic (exact) mass is 314 g/mol. The Labute approximate surface area is 133 Å². The highest BCUT2D eigenvalue weighted by molar-refractivity contribution is 5.83. The second kappa shape index (κ2) is 13.1. The molecule has 0 rings (SSSR count). The molecule has 0 unspecified atom stereocenters. The van der Waals surface area contributed by atoms with Crippen LogP contribution in [0.25, 0.3) is 0 Å². The van der Waals surface area contributed by atoms with Crippen molar-refractivity contribution in [2.45, 2.75) is 84.1 Å². The standard InChI is InChI=1S/C16H30N2O4/c1-3-4-5-6-7-8-9-10-11-12-15(20)18(17-13-19)14(2)16(21)22/h13-14H,3-12H2,1-2H3,(H,17,19)(H,21,22)/t14-/m0/s1. The van der Waals surface area contributed by atoms with Gasteiger partial charge in [0.2, 0.25) is 12.3 Å². The number of unbranched alkanes of at least 4 members (excludes halogenated alkanes) is 8. The third kappa shape index (κ3) is 9.37. The molecule has 128 valence electrons. The van der Waals surface area contributed by atoms with Crippen molar-refractivity contribution in [3.05, 3.63) is 0 Å². The van der Waals surface area contributed by atoms with Gasteiger partial charge in [-0.3, -0.25) is 15.0 Å². The van der Waals surface area contributed by atoms with Crippen LogP contribution in [0.1, 0.15) is 78.1 Å². The number of carboxylic acids is 1. The maximum absolute atomic E-state index is 11.9. The Morgan fingerprint density at radius 2 is 1.55 bits per heavy atom. The molecule has 2 N–H and O–H groups in total. The van der Waals surface area contributed by atoms with Gasteiger partial charge in [-0.1, -0.05) is 58.3 Å². The lowest BCUT2D eigenvalue weighted by atomic mass is 10.1. The van der Waals surface area contributed by atoms with E-state index in [-0.39, 0.29) is 12.3 Å². The smallest absolute Gasteiger partial charge is 0.328 e. The molecule has 0 aromatic heterocycles. The third-order valence-corrected chi connectivity index (χ3v) is 3.70. The molecule has 0 heterocycles. The lowest BCUT2D eigenvalue weighted by molar-refractivity contribution is -0.153. The molecule has 6 heteroatoms. The maximum atomic E-state index is 11.9. The summed E-state index contributed by atoms with van der Waals surface area (Å²) < 4.78 is 0. The molecule has 0 aromatic rings. The summed E-state index contributed by atoms with van der Waals surface area (Å²) in [5.41, 5.74) is 2.17. The second-order valence-electron chi connectivity index (χ2n) is 5.60. The van der Waals surface area contributed by atoms with Crippen molar-refractivity contribution in [2.24, 2.45) is 0 Å². The highest BCUT2D eigenvalue weighted by atomic mass is 16.4. The summed E-state index contributed by atoms with van der Waals surface area (Å²) in [6.07, 6.45) is 10.9. The quantitative estimate of drug-likeness (QED) is 0.293. The van der Waals surface area contributed by atoms with E-state index in [1.807, 2.05) is 0 Å².